The number of hydrogen-bond acceptors (Lipinski definition) is 2. The molecule has 0 N–H and O–H groups in total. The van der Waals surface area contributed by atoms with Crippen molar-refractivity contribution in [2.45, 2.75) is 0 Å². The Hall–Kier alpha value is -0.800. The van der Waals surface area contributed by atoms with E-state index in [1.807, 2.05) is 0 Å². The number of aromatic nitrogens is 3. The van der Waals surface area contributed by atoms with Crippen LogP contribution in [0.3, 0.4) is 0 Å². The highest BCUT2D eigenvalue weighted by molar-refractivity contribution is 6.34. The van der Waals surface area contributed by atoms with E-state index in [9.17, 15) is 0 Å². The molecule has 0 bridgehead atoms. The lowest BCUT2D eigenvalue weighted by Crippen LogP contribution is -1.87. The average Bonchev–Trinajstić information content (AvgIpc) is 2.34. The van der Waals surface area contributed by atoms with Crippen LogP contribution in [0.25, 0.3) is 5.65 Å². The summed E-state index contributed by atoms with van der Waals surface area (Å²) in [5.74, 6) is 0. The van der Waals surface area contributed by atoms with Crippen molar-refractivity contribution in [2.75, 3.05) is 0 Å². The van der Waals surface area contributed by atoms with Gasteiger partial charge in [-0.3, -0.25) is 0 Å². The molecule has 2 heterocycles. The molecule has 3 nitrogen and oxygen atoms in total. The third-order valence-corrected chi connectivity index (χ3v) is 1.79. The van der Waals surface area contributed by atoms with E-state index >= 15 is 0 Å². The smallest absolute Gasteiger partial charge is 0.158 e. The molecule has 0 atom stereocenters. The quantitative estimate of drug-likeness (QED) is 0.592. The van der Waals surface area contributed by atoms with Gasteiger partial charge in [-0.15, -0.1) is 0 Å². The number of hydrogen-bond donors (Lipinski definition) is 0. The van der Waals surface area contributed by atoms with E-state index in [1.165, 1.54) is 10.8 Å². The molecule has 0 aliphatic heterocycles. The minimum atomic E-state index is 0.463. The van der Waals surface area contributed by atoms with Gasteiger partial charge in [-0.1, -0.05) is 23.2 Å². The normalized spacial score (nSPS) is 10.7. The maximum Gasteiger partial charge on any atom is 0.158 e. The van der Waals surface area contributed by atoms with Crippen molar-refractivity contribution in [3.8, 4) is 0 Å². The molecule has 0 saturated heterocycles. The average molecular weight is 188 g/mol. The Morgan fingerprint density at radius 2 is 2.09 bits per heavy atom. The highest BCUT2D eigenvalue weighted by atomic mass is 35.5. The molecule has 0 radical (unpaired) electrons. The lowest BCUT2D eigenvalue weighted by atomic mass is 10.5. The fourth-order valence-corrected chi connectivity index (χ4v) is 1.36. The Labute approximate surface area is 72.6 Å². The Morgan fingerprint density at radius 3 is 2.91 bits per heavy atom. The summed E-state index contributed by atoms with van der Waals surface area (Å²) in [4.78, 5) is 3.92. The number of fused-ring (bicyclic) bond motifs is 1. The molecule has 0 fully saturated rings. The molecule has 0 aliphatic carbocycles. The summed E-state index contributed by atoms with van der Waals surface area (Å²) in [5, 5.41) is 4.90. The van der Waals surface area contributed by atoms with Gasteiger partial charge >= 0.3 is 0 Å². The summed E-state index contributed by atoms with van der Waals surface area (Å²) >= 11 is 11.5. The van der Waals surface area contributed by atoms with Gasteiger partial charge in [0.15, 0.2) is 5.65 Å². The number of rotatable bonds is 0. The molecular formula is C6H3Cl2N3. The first-order chi connectivity index (χ1) is 5.27. The van der Waals surface area contributed by atoms with Gasteiger partial charge < -0.3 is 0 Å². The van der Waals surface area contributed by atoms with Crippen molar-refractivity contribution in [1.29, 1.82) is 0 Å². The molecule has 0 aliphatic rings. The Kier molecular flexibility index (Phi) is 1.47. The highest BCUT2D eigenvalue weighted by Crippen LogP contribution is 2.17. The topological polar surface area (TPSA) is 30.2 Å². The molecule has 0 saturated carbocycles. The second-order valence-corrected chi connectivity index (χ2v) is 2.85. The van der Waals surface area contributed by atoms with Crippen LogP contribution in [0.4, 0.5) is 0 Å². The van der Waals surface area contributed by atoms with E-state index in [4.69, 9.17) is 23.2 Å². The van der Waals surface area contributed by atoms with Gasteiger partial charge in [0, 0.05) is 11.1 Å². The number of pyridine rings is 1. The van der Waals surface area contributed by atoms with E-state index in [2.05, 4.69) is 10.1 Å². The van der Waals surface area contributed by atoms with Gasteiger partial charge in [-0.25, -0.2) is 9.50 Å². The second-order valence-electron chi connectivity index (χ2n) is 2.03. The first kappa shape index (κ1) is 6.88. The van der Waals surface area contributed by atoms with Crippen LogP contribution in [0, 0.1) is 0 Å². The van der Waals surface area contributed by atoms with Gasteiger partial charge in [-0.05, 0) is 6.07 Å². The standard InChI is InChI=1S/C6H3Cl2N3/c7-4-1-5(8)11-6(2-4)9-3-10-11/h1-3H. The molecule has 2 aromatic heterocycles. The van der Waals surface area contributed by atoms with Crippen LogP contribution in [0.15, 0.2) is 18.5 Å². The zero-order valence-electron chi connectivity index (χ0n) is 5.33. The fraction of sp³-hybridized carbons (Fsp3) is 0. The first-order valence-electron chi connectivity index (χ1n) is 2.92. The van der Waals surface area contributed by atoms with Crippen LogP contribution in [0.1, 0.15) is 0 Å². The van der Waals surface area contributed by atoms with E-state index in [0.717, 1.165) is 0 Å². The van der Waals surface area contributed by atoms with Crippen LogP contribution in [0.2, 0.25) is 10.2 Å². The fourth-order valence-electron chi connectivity index (χ4n) is 0.853. The van der Waals surface area contributed by atoms with Crippen molar-refractivity contribution in [1.82, 2.24) is 14.6 Å². The van der Waals surface area contributed by atoms with Crippen molar-refractivity contribution in [3.05, 3.63) is 28.6 Å². The van der Waals surface area contributed by atoms with Crippen LogP contribution >= 0.6 is 23.2 Å². The molecule has 0 amide bonds. The summed E-state index contributed by atoms with van der Waals surface area (Å²) in [7, 11) is 0. The summed E-state index contributed by atoms with van der Waals surface area (Å²) in [6, 6.07) is 3.31. The van der Waals surface area contributed by atoms with E-state index in [1.54, 1.807) is 12.1 Å². The maximum absolute atomic E-state index is 5.78. The Bertz CT molecular complexity index is 396. The minimum Gasteiger partial charge on any atom is -0.215 e. The van der Waals surface area contributed by atoms with Crippen molar-refractivity contribution in [3.63, 3.8) is 0 Å². The molecule has 5 heteroatoms. The predicted molar refractivity (Wildman–Crippen MR) is 43.0 cm³/mol. The molecule has 11 heavy (non-hydrogen) atoms. The Balaban J connectivity index is 2.91. The lowest BCUT2D eigenvalue weighted by molar-refractivity contribution is 0.962. The van der Waals surface area contributed by atoms with Gasteiger partial charge in [0.1, 0.15) is 11.5 Å². The molecule has 0 aromatic carbocycles. The zero-order valence-corrected chi connectivity index (χ0v) is 6.84. The second kappa shape index (κ2) is 2.36. The zero-order chi connectivity index (χ0) is 7.84. The molecule has 0 spiro atoms. The van der Waals surface area contributed by atoms with E-state index in [-0.39, 0.29) is 0 Å². The SMILES string of the molecule is Clc1cc(Cl)n2ncnc2c1. The van der Waals surface area contributed by atoms with Crippen molar-refractivity contribution >= 4 is 28.8 Å². The monoisotopic (exact) mass is 187 g/mol. The largest absolute Gasteiger partial charge is 0.215 e. The summed E-state index contributed by atoms with van der Waals surface area (Å²) in [6.07, 6.45) is 1.43. The first-order valence-corrected chi connectivity index (χ1v) is 3.68. The molecule has 2 rings (SSSR count). The van der Waals surface area contributed by atoms with Crippen molar-refractivity contribution < 1.29 is 0 Å². The summed E-state index contributed by atoms with van der Waals surface area (Å²) < 4.78 is 1.51. The highest BCUT2D eigenvalue weighted by Gasteiger charge is 2.00. The Morgan fingerprint density at radius 1 is 1.27 bits per heavy atom. The lowest BCUT2D eigenvalue weighted by Gasteiger charge is -1.94. The van der Waals surface area contributed by atoms with Crippen LogP contribution in [0.5, 0.6) is 0 Å². The molecule has 56 valence electrons. The maximum atomic E-state index is 5.78. The van der Waals surface area contributed by atoms with Gasteiger partial charge in [-0.2, -0.15) is 5.10 Å². The third kappa shape index (κ3) is 1.06. The van der Waals surface area contributed by atoms with Crippen molar-refractivity contribution in [2.24, 2.45) is 0 Å². The molecule has 2 aromatic rings. The van der Waals surface area contributed by atoms with Crippen LogP contribution in [-0.4, -0.2) is 14.6 Å². The summed E-state index contributed by atoms with van der Waals surface area (Å²) in [5.41, 5.74) is 0.655. The van der Waals surface area contributed by atoms with Crippen LogP contribution < -0.4 is 0 Å². The number of nitrogens with zero attached hydrogens (tertiary/aromatic N) is 3. The van der Waals surface area contributed by atoms with E-state index in [0.29, 0.717) is 15.8 Å². The molecular weight excluding hydrogens is 185 g/mol. The third-order valence-electron chi connectivity index (χ3n) is 1.30. The minimum absolute atomic E-state index is 0.463. The van der Waals surface area contributed by atoms with Gasteiger partial charge in [0.25, 0.3) is 0 Å². The van der Waals surface area contributed by atoms with Gasteiger partial charge in [0.2, 0.25) is 0 Å². The van der Waals surface area contributed by atoms with Crippen LogP contribution in [-0.2, 0) is 0 Å². The molecule has 0 unspecified atom stereocenters. The van der Waals surface area contributed by atoms with Gasteiger partial charge in [0.05, 0.1) is 0 Å². The van der Waals surface area contributed by atoms with E-state index < -0.39 is 0 Å². The predicted octanol–water partition coefficient (Wildman–Crippen LogP) is 2.04. The number of halogens is 2. The summed E-state index contributed by atoms with van der Waals surface area (Å²) in [6.45, 7) is 0.